The molecule has 2 aromatic rings. The molecule has 0 spiro atoms. The second-order valence-corrected chi connectivity index (χ2v) is 7.61. The lowest BCUT2D eigenvalue weighted by Crippen LogP contribution is -2.43. The predicted molar refractivity (Wildman–Crippen MR) is 88.4 cm³/mol. The van der Waals surface area contributed by atoms with Gasteiger partial charge >= 0.3 is 6.18 Å². The van der Waals surface area contributed by atoms with Crippen LogP contribution in [0, 0.1) is 11.6 Å². The van der Waals surface area contributed by atoms with Gasteiger partial charge in [-0.1, -0.05) is 11.6 Å². The van der Waals surface area contributed by atoms with Crippen molar-refractivity contribution in [2.75, 3.05) is 5.32 Å². The van der Waals surface area contributed by atoms with E-state index in [1.165, 1.54) is 4.72 Å². The monoisotopic (exact) mass is 446 g/mol. The van der Waals surface area contributed by atoms with Crippen LogP contribution < -0.4 is 10.0 Å². The Kier molecular flexibility index (Phi) is 6.01. The molecule has 2 aromatic heterocycles. The van der Waals surface area contributed by atoms with Crippen molar-refractivity contribution in [2.24, 2.45) is 7.05 Å². The fourth-order valence-corrected chi connectivity index (χ4v) is 3.59. The first-order valence-electron chi connectivity index (χ1n) is 7.31. The smallest absolute Gasteiger partial charge is 0.343 e. The lowest BCUT2D eigenvalue weighted by Gasteiger charge is -2.16. The number of carbonyl (C=O) groups excluding carboxylic acids is 1. The zero-order chi connectivity index (χ0) is 21.4. The highest BCUT2D eigenvalue weighted by Crippen LogP contribution is 2.26. The maximum atomic E-state index is 14.6. The molecule has 2 N–H and O–H groups in total. The summed E-state index contributed by atoms with van der Waals surface area (Å²) >= 11 is 5.46. The van der Waals surface area contributed by atoms with E-state index in [-0.39, 0.29) is 0 Å². The molecule has 1 atom stereocenters. The summed E-state index contributed by atoms with van der Waals surface area (Å²) in [5.41, 5.74) is -1.31. The number of hydrogen-bond donors (Lipinski definition) is 2. The highest BCUT2D eigenvalue weighted by atomic mass is 35.5. The van der Waals surface area contributed by atoms with Crippen LogP contribution >= 0.6 is 11.6 Å². The number of anilines is 1. The van der Waals surface area contributed by atoms with Gasteiger partial charge in [0.2, 0.25) is 10.0 Å². The van der Waals surface area contributed by atoms with Gasteiger partial charge in [0.05, 0.1) is 5.69 Å². The van der Waals surface area contributed by atoms with E-state index in [9.17, 15) is 35.2 Å². The molecular formula is C14H12ClF5N4O3S. The lowest BCUT2D eigenvalue weighted by molar-refractivity contribution is -0.147. The van der Waals surface area contributed by atoms with E-state index in [0.29, 0.717) is 13.1 Å². The van der Waals surface area contributed by atoms with Gasteiger partial charge in [0.1, 0.15) is 16.6 Å². The third-order valence-electron chi connectivity index (χ3n) is 3.51. The van der Waals surface area contributed by atoms with Crippen molar-refractivity contribution in [1.29, 1.82) is 0 Å². The van der Waals surface area contributed by atoms with Crippen molar-refractivity contribution >= 4 is 33.2 Å². The second kappa shape index (κ2) is 7.64. The first-order chi connectivity index (χ1) is 12.8. The number of aryl methyl sites for hydroxylation is 1. The Bertz CT molecular complexity index is 1020. The van der Waals surface area contributed by atoms with Crippen LogP contribution in [-0.4, -0.2) is 36.1 Å². The Morgan fingerprint density at radius 1 is 1.29 bits per heavy atom. The fourth-order valence-electron chi connectivity index (χ4n) is 2.08. The van der Waals surface area contributed by atoms with Crippen LogP contribution in [0.2, 0.25) is 5.15 Å². The molecule has 0 fully saturated rings. The Morgan fingerprint density at radius 2 is 1.89 bits per heavy atom. The summed E-state index contributed by atoms with van der Waals surface area (Å²) in [6.07, 6.45) is -3.23. The molecule has 0 saturated heterocycles. The minimum atomic E-state index is -4.95. The fraction of sp³-hybridized carbons (Fsp3) is 0.286. The standard InChI is InChI=1S/C14H12ClF5N4O3S/c1-6(14(18,19)20)23-28(26,27)8-5-24(2)11(10(8)17)13(25)22-7-3-4-21-12(15)9(7)16/h3-6,23H,1-2H3,(H,21,22,25). The van der Waals surface area contributed by atoms with E-state index in [1.807, 2.05) is 5.32 Å². The van der Waals surface area contributed by atoms with E-state index >= 15 is 0 Å². The number of sulfonamides is 1. The van der Waals surface area contributed by atoms with Gasteiger partial charge in [-0.05, 0) is 13.0 Å². The molecule has 0 aliphatic rings. The number of nitrogens with zero attached hydrogens (tertiary/aromatic N) is 2. The molecule has 0 bridgehead atoms. The normalized spacial score (nSPS) is 13.4. The topological polar surface area (TPSA) is 93.1 Å². The van der Waals surface area contributed by atoms with Crippen molar-refractivity contribution in [1.82, 2.24) is 14.3 Å². The van der Waals surface area contributed by atoms with Crippen LogP contribution in [0.5, 0.6) is 0 Å². The molecule has 14 heteroatoms. The minimum Gasteiger partial charge on any atom is -0.343 e. The Labute approximate surface area is 160 Å². The van der Waals surface area contributed by atoms with Gasteiger partial charge in [0.15, 0.2) is 16.8 Å². The van der Waals surface area contributed by atoms with Crippen LogP contribution in [0.3, 0.4) is 0 Å². The van der Waals surface area contributed by atoms with E-state index in [1.54, 1.807) is 0 Å². The van der Waals surface area contributed by atoms with Crippen molar-refractivity contribution in [3.63, 3.8) is 0 Å². The summed E-state index contributed by atoms with van der Waals surface area (Å²) in [5.74, 6) is -3.98. The van der Waals surface area contributed by atoms with E-state index in [4.69, 9.17) is 11.6 Å². The van der Waals surface area contributed by atoms with Gasteiger partial charge in [0.25, 0.3) is 5.91 Å². The number of carbonyl (C=O) groups is 1. The van der Waals surface area contributed by atoms with Crippen LogP contribution in [0.15, 0.2) is 23.4 Å². The molecular weight excluding hydrogens is 435 g/mol. The van der Waals surface area contributed by atoms with Crippen molar-refractivity contribution < 1.29 is 35.2 Å². The molecule has 0 saturated carbocycles. The number of alkyl halides is 3. The van der Waals surface area contributed by atoms with Gasteiger partial charge in [-0.2, -0.15) is 17.9 Å². The first kappa shape index (κ1) is 22.0. The molecule has 0 radical (unpaired) electrons. The quantitative estimate of drug-likeness (QED) is 0.545. The molecule has 2 heterocycles. The minimum absolute atomic E-state index is 0.459. The first-order valence-corrected chi connectivity index (χ1v) is 9.17. The van der Waals surface area contributed by atoms with Gasteiger partial charge in [0, 0.05) is 19.4 Å². The SMILES string of the molecule is CC(NS(=O)(=O)c1cn(C)c(C(=O)Nc2ccnc(Cl)c2F)c1F)C(F)(F)F. The summed E-state index contributed by atoms with van der Waals surface area (Å²) in [6, 6.07) is -1.48. The number of amides is 1. The second-order valence-electron chi connectivity index (χ2n) is 5.57. The molecule has 1 amide bonds. The number of pyridine rings is 1. The Morgan fingerprint density at radius 3 is 2.46 bits per heavy atom. The molecule has 28 heavy (non-hydrogen) atoms. The highest BCUT2D eigenvalue weighted by Gasteiger charge is 2.40. The van der Waals surface area contributed by atoms with Gasteiger partial charge in [-0.3, -0.25) is 4.79 Å². The number of aromatic nitrogens is 2. The van der Waals surface area contributed by atoms with E-state index in [2.05, 4.69) is 4.98 Å². The maximum Gasteiger partial charge on any atom is 0.404 e. The Hall–Kier alpha value is -2.25. The number of halogens is 6. The summed E-state index contributed by atoms with van der Waals surface area (Å²) in [4.78, 5) is 14.5. The lowest BCUT2D eigenvalue weighted by atomic mass is 10.3. The largest absolute Gasteiger partial charge is 0.404 e. The summed E-state index contributed by atoms with van der Waals surface area (Å²) in [7, 11) is -3.86. The van der Waals surface area contributed by atoms with Gasteiger partial charge in [-0.25, -0.2) is 22.2 Å². The summed E-state index contributed by atoms with van der Waals surface area (Å²) in [5, 5.41) is 1.41. The number of rotatable bonds is 5. The summed E-state index contributed by atoms with van der Waals surface area (Å²) in [6.45, 7) is 0.530. The number of nitrogens with one attached hydrogen (secondary N) is 2. The van der Waals surface area contributed by atoms with E-state index < -0.39 is 61.2 Å². The Balaban J connectivity index is 2.38. The summed E-state index contributed by atoms with van der Waals surface area (Å²) < 4.78 is 92.3. The highest BCUT2D eigenvalue weighted by molar-refractivity contribution is 7.89. The van der Waals surface area contributed by atoms with Gasteiger partial charge in [-0.15, -0.1) is 0 Å². The van der Waals surface area contributed by atoms with Crippen molar-refractivity contribution in [3.8, 4) is 0 Å². The van der Waals surface area contributed by atoms with Crippen LogP contribution in [0.1, 0.15) is 17.4 Å². The third kappa shape index (κ3) is 4.42. The zero-order valence-electron chi connectivity index (χ0n) is 14.1. The molecule has 0 aliphatic carbocycles. The zero-order valence-corrected chi connectivity index (χ0v) is 15.7. The van der Waals surface area contributed by atoms with Crippen LogP contribution in [-0.2, 0) is 17.1 Å². The van der Waals surface area contributed by atoms with Crippen molar-refractivity contribution in [2.45, 2.75) is 24.0 Å². The third-order valence-corrected chi connectivity index (χ3v) is 5.30. The number of hydrogen-bond acceptors (Lipinski definition) is 4. The van der Waals surface area contributed by atoms with Crippen LogP contribution in [0.4, 0.5) is 27.6 Å². The molecule has 0 aliphatic heterocycles. The average Bonchev–Trinajstić information content (AvgIpc) is 2.86. The van der Waals surface area contributed by atoms with E-state index in [0.717, 1.165) is 23.9 Å². The van der Waals surface area contributed by atoms with Gasteiger partial charge < -0.3 is 9.88 Å². The predicted octanol–water partition coefficient (Wildman–Crippen LogP) is 2.83. The van der Waals surface area contributed by atoms with Crippen LogP contribution in [0.25, 0.3) is 0 Å². The molecule has 0 aromatic carbocycles. The average molecular weight is 447 g/mol. The maximum absolute atomic E-state index is 14.6. The molecule has 2 rings (SSSR count). The molecule has 154 valence electrons. The molecule has 7 nitrogen and oxygen atoms in total. The van der Waals surface area contributed by atoms with Crippen molar-refractivity contribution in [3.05, 3.63) is 40.9 Å². The molecule has 1 unspecified atom stereocenters.